The Bertz CT molecular complexity index is 113. The molecule has 1 rings (SSSR count). The average molecular weight is 173 g/mol. The van der Waals surface area contributed by atoms with Gasteiger partial charge in [-0.1, -0.05) is 0 Å². The third-order valence-corrected chi connectivity index (χ3v) is 2.16. The van der Waals surface area contributed by atoms with Crippen molar-refractivity contribution in [3.63, 3.8) is 0 Å². The Kier molecular flexibility index (Phi) is 4.58. The molecule has 1 aliphatic heterocycles. The highest BCUT2D eigenvalue weighted by molar-refractivity contribution is 4.64. The molecular formula is C9H19NO2. The molecule has 1 aliphatic rings. The van der Waals surface area contributed by atoms with Gasteiger partial charge in [0.25, 0.3) is 0 Å². The lowest BCUT2D eigenvalue weighted by Gasteiger charge is -2.15. The molecule has 3 heteroatoms. The second kappa shape index (κ2) is 5.51. The second-order valence-electron chi connectivity index (χ2n) is 3.36. The van der Waals surface area contributed by atoms with Crippen molar-refractivity contribution in [2.75, 3.05) is 19.8 Å². The van der Waals surface area contributed by atoms with Crippen LogP contribution in [-0.2, 0) is 9.47 Å². The topological polar surface area (TPSA) is 44.5 Å². The van der Waals surface area contributed by atoms with E-state index in [2.05, 4.69) is 6.92 Å². The normalized spacial score (nSPS) is 26.0. The molecule has 2 N–H and O–H groups in total. The molecule has 0 saturated carbocycles. The molecule has 12 heavy (non-hydrogen) atoms. The van der Waals surface area contributed by atoms with E-state index in [1.165, 1.54) is 6.42 Å². The predicted molar refractivity (Wildman–Crippen MR) is 48.1 cm³/mol. The molecular weight excluding hydrogens is 154 g/mol. The van der Waals surface area contributed by atoms with E-state index in [9.17, 15) is 0 Å². The highest BCUT2D eigenvalue weighted by atomic mass is 16.5. The monoisotopic (exact) mass is 173 g/mol. The highest BCUT2D eigenvalue weighted by Gasteiger charge is 2.16. The van der Waals surface area contributed by atoms with E-state index in [1.807, 2.05) is 0 Å². The molecule has 1 saturated heterocycles. The van der Waals surface area contributed by atoms with Gasteiger partial charge in [-0.3, -0.25) is 0 Å². The molecule has 0 aliphatic carbocycles. The van der Waals surface area contributed by atoms with E-state index in [4.69, 9.17) is 15.2 Å². The van der Waals surface area contributed by atoms with Gasteiger partial charge in [-0.25, -0.2) is 0 Å². The van der Waals surface area contributed by atoms with Crippen LogP contribution in [0.15, 0.2) is 0 Å². The van der Waals surface area contributed by atoms with Crippen LogP contribution in [0.4, 0.5) is 0 Å². The number of ether oxygens (including phenoxy) is 2. The van der Waals surface area contributed by atoms with Gasteiger partial charge in [-0.15, -0.1) is 0 Å². The summed E-state index contributed by atoms with van der Waals surface area (Å²) in [5, 5.41) is 0. The van der Waals surface area contributed by atoms with E-state index < -0.39 is 0 Å². The smallest absolute Gasteiger partial charge is 0.0809 e. The minimum absolute atomic E-state index is 0.277. The maximum absolute atomic E-state index is 5.56. The average Bonchev–Trinajstić information content (AvgIpc) is 2.53. The van der Waals surface area contributed by atoms with Gasteiger partial charge >= 0.3 is 0 Å². The summed E-state index contributed by atoms with van der Waals surface area (Å²) in [6.45, 7) is 4.40. The molecule has 0 amide bonds. The standard InChI is InChI=1S/C9H19NO2/c1-8(4-5-10)12-7-9-3-2-6-11-9/h8-9H,2-7,10H2,1H3. The summed E-state index contributed by atoms with van der Waals surface area (Å²) in [5.41, 5.74) is 5.40. The van der Waals surface area contributed by atoms with Crippen molar-refractivity contribution >= 4 is 0 Å². The summed E-state index contributed by atoms with van der Waals surface area (Å²) in [4.78, 5) is 0. The molecule has 0 aromatic heterocycles. The Labute approximate surface area is 74.2 Å². The number of hydrogen-bond acceptors (Lipinski definition) is 3. The van der Waals surface area contributed by atoms with E-state index in [1.54, 1.807) is 0 Å². The van der Waals surface area contributed by atoms with Crippen molar-refractivity contribution in [3.8, 4) is 0 Å². The largest absolute Gasteiger partial charge is 0.376 e. The van der Waals surface area contributed by atoms with Crippen LogP contribution in [0.1, 0.15) is 26.2 Å². The fourth-order valence-electron chi connectivity index (χ4n) is 1.37. The van der Waals surface area contributed by atoms with Crippen LogP contribution in [0, 0.1) is 0 Å². The van der Waals surface area contributed by atoms with Crippen molar-refractivity contribution in [2.24, 2.45) is 5.73 Å². The Balaban J connectivity index is 1.99. The summed E-state index contributed by atoms with van der Waals surface area (Å²) in [7, 11) is 0. The van der Waals surface area contributed by atoms with Crippen molar-refractivity contribution in [1.82, 2.24) is 0 Å². The highest BCUT2D eigenvalue weighted by Crippen LogP contribution is 2.12. The van der Waals surface area contributed by atoms with E-state index in [-0.39, 0.29) is 6.10 Å². The minimum atomic E-state index is 0.277. The van der Waals surface area contributed by atoms with Crippen LogP contribution in [0.25, 0.3) is 0 Å². The first-order valence-corrected chi connectivity index (χ1v) is 4.76. The van der Waals surface area contributed by atoms with E-state index in [0.29, 0.717) is 12.6 Å². The van der Waals surface area contributed by atoms with Crippen LogP contribution in [-0.4, -0.2) is 32.0 Å². The van der Waals surface area contributed by atoms with Gasteiger partial charge in [-0.05, 0) is 32.7 Å². The quantitative estimate of drug-likeness (QED) is 0.672. The summed E-state index contributed by atoms with van der Waals surface area (Å²) in [6, 6.07) is 0. The van der Waals surface area contributed by atoms with Crippen LogP contribution >= 0.6 is 0 Å². The van der Waals surface area contributed by atoms with Gasteiger partial charge in [0.05, 0.1) is 18.8 Å². The molecule has 0 radical (unpaired) electrons. The summed E-state index contributed by atoms with van der Waals surface area (Å²) < 4.78 is 11.0. The van der Waals surface area contributed by atoms with Crippen molar-refractivity contribution in [1.29, 1.82) is 0 Å². The SMILES string of the molecule is CC(CCN)OCC1CCCO1. The Morgan fingerprint density at radius 1 is 1.67 bits per heavy atom. The Morgan fingerprint density at radius 3 is 3.08 bits per heavy atom. The Hall–Kier alpha value is -0.120. The molecule has 2 unspecified atom stereocenters. The zero-order valence-electron chi connectivity index (χ0n) is 7.79. The van der Waals surface area contributed by atoms with Crippen LogP contribution < -0.4 is 5.73 Å². The number of nitrogens with two attached hydrogens (primary N) is 1. The predicted octanol–water partition coefficient (Wildman–Crippen LogP) is 0.919. The van der Waals surface area contributed by atoms with Crippen molar-refractivity contribution in [3.05, 3.63) is 0 Å². The summed E-state index contributed by atoms with van der Waals surface area (Å²) in [6.07, 6.45) is 3.88. The molecule has 0 aromatic carbocycles. The zero-order valence-corrected chi connectivity index (χ0v) is 7.79. The van der Waals surface area contributed by atoms with Gasteiger partial charge < -0.3 is 15.2 Å². The van der Waals surface area contributed by atoms with Gasteiger partial charge in [0.15, 0.2) is 0 Å². The van der Waals surface area contributed by atoms with Gasteiger partial charge in [0.1, 0.15) is 0 Å². The minimum Gasteiger partial charge on any atom is -0.376 e. The third-order valence-electron chi connectivity index (χ3n) is 2.16. The molecule has 3 nitrogen and oxygen atoms in total. The lowest BCUT2D eigenvalue weighted by molar-refractivity contribution is -0.0155. The van der Waals surface area contributed by atoms with Crippen molar-refractivity contribution < 1.29 is 9.47 Å². The van der Waals surface area contributed by atoms with E-state index in [0.717, 1.165) is 26.1 Å². The van der Waals surface area contributed by atoms with Crippen LogP contribution in [0.3, 0.4) is 0 Å². The number of hydrogen-bond donors (Lipinski definition) is 1. The maximum atomic E-state index is 5.56. The molecule has 1 heterocycles. The molecule has 72 valence electrons. The Morgan fingerprint density at radius 2 is 2.50 bits per heavy atom. The fourth-order valence-corrected chi connectivity index (χ4v) is 1.37. The van der Waals surface area contributed by atoms with Gasteiger partial charge in [-0.2, -0.15) is 0 Å². The summed E-state index contributed by atoms with van der Waals surface area (Å²) in [5.74, 6) is 0. The van der Waals surface area contributed by atoms with Crippen molar-refractivity contribution in [2.45, 2.75) is 38.4 Å². The molecule has 0 aromatic rings. The molecule has 0 bridgehead atoms. The zero-order chi connectivity index (χ0) is 8.81. The first-order valence-electron chi connectivity index (χ1n) is 4.76. The van der Waals surface area contributed by atoms with E-state index >= 15 is 0 Å². The molecule has 1 fully saturated rings. The first kappa shape index (κ1) is 9.96. The second-order valence-corrected chi connectivity index (χ2v) is 3.36. The fraction of sp³-hybridized carbons (Fsp3) is 1.00. The van der Waals surface area contributed by atoms with Crippen LogP contribution in [0.5, 0.6) is 0 Å². The first-order chi connectivity index (χ1) is 5.83. The third kappa shape index (κ3) is 3.52. The van der Waals surface area contributed by atoms with Crippen LogP contribution in [0.2, 0.25) is 0 Å². The number of rotatable bonds is 5. The lowest BCUT2D eigenvalue weighted by atomic mass is 10.2. The summed E-state index contributed by atoms with van der Waals surface area (Å²) >= 11 is 0. The molecule has 2 atom stereocenters. The van der Waals surface area contributed by atoms with Gasteiger partial charge in [0.2, 0.25) is 0 Å². The molecule has 0 spiro atoms. The lowest BCUT2D eigenvalue weighted by Crippen LogP contribution is -2.21. The maximum Gasteiger partial charge on any atom is 0.0809 e. The van der Waals surface area contributed by atoms with Gasteiger partial charge in [0, 0.05) is 6.61 Å².